The molecule has 0 amide bonds. The number of hydrogen-bond donors (Lipinski definition) is 1. The maximum atomic E-state index is 4.51. The Morgan fingerprint density at radius 1 is 0.920 bits per heavy atom. The van der Waals surface area contributed by atoms with Crippen LogP contribution in [-0.2, 0) is 0 Å². The molecule has 5 rings (SSSR count). The van der Waals surface area contributed by atoms with Crippen LogP contribution in [0.2, 0.25) is 0 Å². The smallest absolute Gasteiger partial charge is 0.156 e. The Hall–Kier alpha value is -2.70. The number of piperazine rings is 1. The quantitative estimate of drug-likeness (QED) is 0.792. The van der Waals surface area contributed by atoms with Gasteiger partial charge in [-0.1, -0.05) is 6.42 Å². The Labute approximate surface area is 146 Å². The minimum Gasteiger partial charge on any atom is -0.357 e. The number of nitrogens with zero attached hydrogens (tertiary/aromatic N) is 6. The second-order valence-corrected chi connectivity index (χ2v) is 6.84. The first kappa shape index (κ1) is 14.6. The number of hydrogen-bond acceptors (Lipinski definition) is 6. The second kappa shape index (κ2) is 5.98. The fourth-order valence-electron chi connectivity index (χ4n) is 3.71. The van der Waals surface area contributed by atoms with Gasteiger partial charge in [-0.2, -0.15) is 0 Å². The molecule has 0 bridgehead atoms. The van der Waals surface area contributed by atoms with Gasteiger partial charge in [0.25, 0.3) is 0 Å². The molecule has 7 heteroatoms. The predicted molar refractivity (Wildman–Crippen MR) is 96.9 cm³/mol. The van der Waals surface area contributed by atoms with E-state index < -0.39 is 0 Å². The van der Waals surface area contributed by atoms with Crippen molar-refractivity contribution in [3.05, 3.63) is 36.7 Å². The first-order chi connectivity index (χ1) is 12.4. The average molecular weight is 335 g/mol. The topological polar surface area (TPSA) is 73.8 Å². The van der Waals surface area contributed by atoms with Crippen LogP contribution in [0.5, 0.6) is 0 Å². The van der Waals surface area contributed by atoms with Gasteiger partial charge in [-0.25, -0.2) is 19.9 Å². The van der Waals surface area contributed by atoms with E-state index in [1.165, 1.54) is 25.0 Å². The molecule has 2 aliphatic rings. The van der Waals surface area contributed by atoms with Crippen LogP contribution in [-0.4, -0.2) is 51.1 Å². The van der Waals surface area contributed by atoms with E-state index in [2.05, 4.69) is 40.8 Å². The molecular weight excluding hydrogens is 314 g/mol. The van der Waals surface area contributed by atoms with Crippen LogP contribution < -0.4 is 9.80 Å². The van der Waals surface area contributed by atoms with Crippen LogP contribution in [0.3, 0.4) is 0 Å². The lowest BCUT2D eigenvalue weighted by atomic mass is 9.83. The molecule has 3 aromatic heterocycles. The Balaban J connectivity index is 1.32. The molecule has 7 nitrogen and oxygen atoms in total. The summed E-state index contributed by atoms with van der Waals surface area (Å²) in [5.41, 5.74) is 3.20. The van der Waals surface area contributed by atoms with Gasteiger partial charge in [-0.15, -0.1) is 0 Å². The van der Waals surface area contributed by atoms with Crippen molar-refractivity contribution in [1.29, 1.82) is 0 Å². The Bertz CT molecular complexity index is 878. The summed E-state index contributed by atoms with van der Waals surface area (Å²) >= 11 is 0. The van der Waals surface area contributed by atoms with E-state index >= 15 is 0 Å². The highest BCUT2D eigenvalue weighted by atomic mass is 15.3. The highest BCUT2D eigenvalue weighted by Gasteiger charge is 2.24. The first-order valence-electron chi connectivity index (χ1n) is 8.98. The summed E-state index contributed by atoms with van der Waals surface area (Å²) in [6.45, 7) is 3.72. The summed E-state index contributed by atoms with van der Waals surface area (Å²) in [7, 11) is 0. The Kier molecular flexibility index (Phi) is 3.50. The van der Waals surface area contributed by atoms with Gasteiger partial charge in [-0.3, -0.25) is 0 Å². The molecule has 128 valence electrons. The zero-order valence-corrected chi connectivity index (χ0v) is 14.1. The average Bonchev–Trinajstić information content (AvgIpc) is 3.09. The van der Waals surface area contributed by atoms with Crippen LogP contribution in [0, 0.1) is 0 Å². The van der Waals surface area contributed by atoms with Crippen LogP contribution in [0.25, 0.3) is 11.0 Å². The molecule has 0 aromatic carbocycles. The normalized spacial score (nSPS) is 18.6. The molecular formula is C18H21N7. The van der Waals surface area contributed by atoms with Gasteiger partial charge in [-0.05, 0) is 18.9 Å². The van der Waals surface area contributed by atoms with Gasteiger partial charge in [0.2, 0.25) is 0 Å². The molecule has 0 atom stereocenters. The third kappa shape index (κ3) is 2.59. The predicted octanol–water partition coefficient (Wildman–Crippen LogP) is 2.34. The summed E-state index contributed by atoms with van der Waals surface area (Å²) < 4.78 is 0. The van der Waals surface area contributed by atoms with Crippen LogP contribution in [0.15, 0.2) is 31.0 Å². The third-order valence-corrected chi connectivity index (χ3v) is 5.43. The maximum absolute atomic E-state index is 4.51. The zero-order valence-electron chi connectivity index (χ0n) is 14.1. The van der Waals surface area contributed by atoms with Crippen LogP contribution in [0.4, 0.5) is 11.6 Å². The van der Waals surface area contributed by atoms with E-state index in [9.17, 15) is 0 Å². The van der Waals surface area contributed by atoms with Crippen molar-refractivity contribution in [1.82, 2.24) is 24.9 Å². The van der Waals surface area contributed by atoms with Gasteiger partial charge in [0, 0.05) is 50.1 Å². The summed E-state index contributed by atoms with van der Waals surface area (Å²) in [5.74, 6) is 2.70. The van der Waals surface area contributed by atoms with Crippen LogP contribution >= 0.6 is 0 Å². The summed E-state index contributed by atoms with van der Waals surface area (Å²) in [6.07, 6.45) is 9.15. The molecule has 1 aliphatic carbocycles. The van der Waals surface area contributed by atoms with Crippen molar-refractivity contribution < 1.29 is 0 Å². The van der Waals surface area contributed by atoms with Crippen molar-refractivity contribution in [3.8, 4) is 0 Å². The van der Waals surface area contributed by atoms with Gasteiger partial charge >= 0.3 is 0 Å². The molecule has 1 N–H and O–H groups in total. The van der Waals surface area contributed by atoms with E-state index in [1.807, 2.05) is 12.3 Å². The minimum absolute atomic E-state index is 0.644. The molecule has 1 aliphatic heterocycles. The summed E-state index contributed by atoms with van der Waals surface area (Å²) in [4.78, 5) is 25.7. The summed E-state index contributed by atoms with van der Waals surface area (Å²) in [6, 6.07) is 4.17. The van der Waals surface area contributed by atoms with Crippen molar-refractivity contribution in [3.63, 3.8) is 0 Å². The third-order valence-electron chi connectivity index (χ3n) is 5.43. The van der Waals surface area contributed by atoms with E-state index in [0.29, 0.717) is 5.92 Å². The first-order valence-corrected chi connectivity index (χ1v) is 8.98. The van der Waals surface area contributed by atoms with E-state index in [0.717, 1.165) is 48.8 Å². The largest absolute Gasteiger partial charge is 0.357 e. The fourth-order valence-corrected chi connectivity index (χ4v) is 3.71. The van der Waals surface area contributed by atoms with Crippen molar-refractivity contribution in [2.75, 3.05) is 36.0 Å². The highest BCUT2D eigenvalue weighted by Crippen LogP contribution is 2.36. The van der Waals surface area contributed by atoms with Gasteiger partial charge in [0.1, 0.15) is 24.0 Å². The lowest BCUT2D eigenvalue weighted by molar-refractivity contribution is 0.410. The summed E-state index contributed by atoms with van der Waals surface area (Å²) in [5, 5.41) is 0. The molecule has 0 radical (unpaired) electrons. The van der Waals surface area contributed by atoms with Crippen molar-refractivity contribution >= 4 is 22.7 Å². The van der Waals surface area contributed by atoms with Gasteiger partial charge in [0.05, 0.1) is 5.52 Å². The molecule has 0 spiro atoms. The number of aromatic nitrogens is 5. The molecule has 2 fully saturated rings. The maximum Gasteiger partial charge on any atom is 0.156 e. The lowest BCUT2D eigenvalue weighted by Crippen LogP contribution is -2.47. The molecule has 0 unspecified atom stereocenters. The van der Waals surface area contributed by atoms with Crippen molar-refractivity contribution in [2.24, 2.45) is 0 Å². The monoisotopic (exact) mass is 335 g/mol. The zero-order chi connectivity index (χ0) is 16.6. The number of fused-ring (bicyclic) bond motifs is 1. The van der Waals surface area contributed by atoms with E-state index in [-0.39, 0.29) is 0 Å². The lowest BCUT2D eigenvalue weighted by Gasteiger charge is -2.36. The molecule has 1 saturated carbocycles. The highest BCUT2D eigenvalue weighted by molar-refractivity contribution is 5.85. The number of rotatable bonds is 3. The standard InChI is InChI=1S/C18H21N7/c1-2-13(3-1)15-10-16(22-11-21-15)24-6-8-25(9-7-24)18-17-14(4-5-19-17)20-12-23-18/h4-5,10-13,19H,1-3,6-9H2. The van der Waals surface area contributed by atoms with Gasteiger partial charge in [0.15, 0.2) is 5.82 Å². The van der Waals surface area contributed by atoms with Gasteiger partial charge < -0.3 is 14.8 Å². The number of nitrogens with one attached hydrogen (secondary N) is 1. The number of aromatic amines is 1. The van der Waals surface area contributed by atoms with Crippen molar-refractivity contribution in [2.45, 2.75) is 25.2 Å². The van der Waals surface area contributed by atoms with E-state index in [4.69, 9.17) is 0 Å². The fraction of sp³-hybridized carbons (Fsp3) is 0.444. The number of H-pyrrole nitrogens is 1. The van der Waals surface area contributed by atoms with E-state index in [1.54, 1.807) is 12.7 Å². The second-order valence-electron chi connectivity index (χ2n) is 6.84. The molecule has 25 heavy (non-hydrogen) atoms. The SMILES string of the molecule is c1nc(C2CCC2)cc(N2CCN(c3ncnc4cc[nH]c34)CC2)n1. The van der Waals surface area contributed by atoms with Crippen LogP contribution in [0.1, 0.15) is 30.9 Å². The molecule has 1 saturated heterocycles. The Morgan fingerprint density at radius 3 is 2.52 bits per heavy atom. The Morgan fingerprint density at radius 2 is 1.72 bits per heavy atom. The molecule has 3 aromatic rings. The molecule has 4 heterocycles. The number of anilines is 2. The minimum atomic E-state index is 0.644.